The van der Waals surface area contributed by atoms with Crippen molar-refractivity contribution in [1.29, 1.82) is 0 Å². The van der Waals surface area contributed by atoms with Crippen molar-refractivity contribution in [2.45, 2.75) is 12.5 Å². The Morgan fingerprint density at radius 2 is 2.00 bits per heavy atom. The Hall–Kier alpha value is -3.24. The number of nitrogens with zero attached hydrogens (tertiary/aromatic N) is 3. The molecule has 0 fully saturated rings. The minimum atomic E-state index is -1.43. The molecule has 1 atom stereocenters. The summed E-state index contributed by atoms with van der Waals surface area (Å²) in [4.78, 5) is 31.7. The van der Waals surface area contributed by atoms with Crippen LogP contribution >= 0.6 is 0 Å². The first-order chi connectivity index (χ1) is 9.90. The number of aliphatic carboxylic acids is 2. The summed E-state index contributed by atoms with van der Waals surface area (Å²) in [7, 11) is 0. The van der Waals surface area contributed by atoms with Gasteiger partial charge in [-0.3, -0.25) is 14.9 Å². The smallest absolute Gasteiger partial charge is 0.326 e. The minimum absolute atomic E-state index is 0.0548. The number of nitro benzene ring substituents is 1. The molecule has 0 saturated carbocycles. The Morgan fingerprint density at radius 1 is 1.33 bits per heavy atom. The number of carbonyl (C=O) groups is 2. The third-order valence-corrected chi connectivity index (χ3v) is 2.60. The van der Waals surface area contributed by atoms with Crippen molar-refractivity contribution in [3.05, 3.63) is 22.2 Å². The van der Waals surface area contributed by atoms with Crippen LogP contribution in [-0.2, 0) is 9.59 Å². The van der Waals surface area contributed by atoms with Gasteiger partial charge in [-0.2, -0.15) is 0 Å². The molecule has 0 saturated heterocycles. The molecular formula is C10H8N4O7. The van der Waals surface area contributed by atoms with Crippen LogP contribution in [0.25, 0.3) is 11.0 Å². The molecule has 1 aromatic carbocycles. The number of anilines is 1. The van der Waals surface area contributed by atoms with Crippen LogP contribution in [0, 0.1) is 10.1 Å². The van der Waals surface area contributed by atoms with Gasteiger partial charge >= 0.3 is 17.6 Å². The first-order valence-electron chi connectivity index (χ1n) is 5.51. The van der Waals surface area contributed by atoms with Crippen molar-refractivity contribution in [2.24, 2.45) is 0 Å². The van der Waals surface area contributed by atoms with Gasteiger partial charge in [0.1, 0.15) is 6.04 Å². The molecule has 1 heterocycles. The van der Waals surface area contributed by atoms with Crippen molar-refractivity contribution in [3.63, 3.8) is 0 Å². The molecule has 11 nitrogen and oxygen atoms in total. The predicted molar refractivity (Wildman–Crippen MR) is 65.8 cm³/mol. The van der Waals surface area contributed by atoms with Gasteiger partial charge in [-0.1, -0.05) is 0 Å². The summed E-state index contributed by atoms with van der Waals surface area (Å²) in [5.74, 6) is -2.70. The van der Waals surface area contributed by atoms with Gasteiger partial charge in [-0.15, -0.1) is 0 Å². The van der Waals surface area contributed by atoms with Crippen LogP contribution in [0.4, 0.5) is 11.4 Å². The Kier molecular flexibility index (Phi) is 3.65. The predicted octanol–water partition coefficient (Wildman–Crippen LogP) is 0.471. The molecular weight excluding hydrogens is 288 g/mol. The number of nitro groups is 1. The molecule has 3 N–H and O–H groups in total. The highest BCUT2D eigenvalue weighted by Crippen LogP contribution is 2.29. The Bertz CT molecular complexity index is 725. The van der Waals surface area contributed by atoms with Gasteiger partial charge in [0.05, 0.1) is 17.0 Å². The molecule has 0 spiro atoms. The summed E-state index contributed by atoms with van der Waals surface area (Å²) in [5.41, 5.74) is -0.502. The highest BCUT2D eigenvalue weighted by Gasteiger charge is 2.25. The monoisotopic (exact) mass is 296 g/mol. The lowest BCUT2D eigenvalue weighted by Gasteiger charge is -2.13. The molecule has 2 rings (SSSR count). The van der Waals surface area contributed by atoms with E-state index in [4.69, 9.17) is 10.2 Å². The molecule has 11 heteroatoms. The topological polar surface area (TPSA) is 169 Å². The van der Waals surface area contributed by atoms with Gasteiger partial charge in [0.25, 0.3) is 0 Å². The number of hydrogen-bond donors (Lipinski definition) is 3. The Morgan fingerprint density at radius 3 is 2.57 bits per heavy atom. The highest BCUT2D eigenvalue weighted by molar-refractivity contribution is 5.95. The van der Waals surface area contributed by atoms with E-state index < -0.39 is 29.3 Å². The van der Waals surface area contributed by atoms with Gasteiger partial charge < -0.3 is 15.5 Å². The second-order valence-corrected chi connectivity index (χ2v) is 3.98. The summed E-state index contributed by atoms with van der Waals surface area (Å²) < 4.78 is 4.41. The van der Waals surface area contributed by atoms with Crippen LogP contribution in [0.1, 0.15) is 6.42 Å². The maximum absolute atomic E-state index is 11.0. The van der Waals surface area contributed by atoms with E-state index in [9.17, 15) is 19.7 Å². The van der Waals surface area contributed by atoms with E-state index >= 15 is 0 Å². The molecule has 0 amide bonds. The fourth-order valence-corrected chi connectivity index (χ4v) is 1.68. The van der Waals surface area contributed by atoms with Crippen LogP contribution in [0.15, 0.2) is 16.8 Å². The summed E-state index contributed by atoms with van der Waals surface area (Å²) in [6.45, 7) is 0. The molecule has 21 heavy (non-hydrogen) atoms. The number of nitrogens with one attached hydrogen (secondary N) is 1. The second-order valence-electron chi connectivity index (χ2n) is 3.98. The van der Waals surface area contributed by atoms with E-state index in [1.807, 2.05) is 0 Å². The van der Waals surface area contributed by atoms with Gasteiger partial charge in [-0.25, -0.2) is 9.42 Å². The van der Waals surface area contributed by atoms with E-state index in [-0.39, 0.29) is 22.4 Å². The first-order valence-corrected chi connectivity index (χ1v) is 5.51. The largest absolute Gasteiger partial charge is 0.481 e. The minimum Gasteiger partial charge on any atom is -0.481 e. The molecule has 0 radical (unpaired) electrons. The van der Waals surface area contributed by atoms with Crippen molar-refractivity contribution >= 4 is 34.3 Å². The molecule has 0 aliphatic rings. The first kappa shape index (κ1) is 14.2. The molecule has 1 aromatic heterocycles. The number of benzene rings is 1. The van der Waals surface area contributed by atoms with E-state index in [0.29, 0.717) is 0 Å². The molecule has 110 valence electrons. The molecule has 0 aliphatic heterocycles. The summed E-state index contributed by atoms with van der Waals surface area (Å²) >= 11 is 0. The van der Waals surface area contributed by atoms with E-state index in [1.165, 1.54) is 6.07 Å². The Labute approximate surface area is 115 Å². The van der Waals surface area contributed by atoms with Crippen LogP contribution in [-0.4, -0.2) is 43.4 Å². The zero-order valence-corrected chi connectivity index (χ0v) is 10.2. The van der Waals surface area contributed by atoms with Crippen LogP contribution in [0.2, 0.25) is 0 Å². The number of carboxylic acids is 2. The molecule has 2 aromatic rings. The molecule has 1 unspecified atom stereocenters. The van der Waals surface area contributed by atoms with Crippen molar-refractivity contribution in [1.82, 2.24) is 10.3 Å². The third kappa shape index (κ3) is 2.86. The van der Waals surface area contributed by atoms with E-state index in [2.05, 4.69) is 20.3 Å². The van der Waals surface area contributed by atoms with Gasteiger partial charge in [-0.05, 0) is 16.4 Å². The number of aromatic nitrogens is 2. The van der Waals surface area contributed by atoms with Gasteiger partial charge in [0.15, 0.2) is 5.52 Å². The van der Waals surface area contributed by atoms with E-state index in [1.54, 1.807) is 0 Å². The normalized spacial score (nSPS) is 12.0. The van der Waals surface area contributed by atoms with Crippen LogP contribution in [0.5, 0.6) is 0 Å². The lowest BCUT2D eigenvalue weighted by molar-refractivity contribution is -0.383. The lowest BCUT2D eigenvalue weighted by Crippen LogP contribution is -2.31. The molecule has 0 bridgehead atoms. The van der Waals surface area contributed by atoms with Crippen LogP contribution in [0.3, 0.4) is 0 Å². The maximum atomic E-state index is 11.0. The second kappa shape index (κ2) is 5.40. The zero-order chi connectivity index (χ0) is 15.6. The summed E-state index contributed by atoms with van der Waals surface area (Å²) in [6, 6.07) is 0.876. The SMILES string of the molecule is O=C(O)CC(Nc1ccc([N+](=O)[O-])c2nonc12)C(=O)O. The number of rotatable bonds is 6. The van der Waals surface area contributed by atoms with Crippen molar-refractivity contribution in [3.8, 4) is 0 Å². The molecule has 0 aliphatic carbocycles. The van der Waals surface area contributed by atoms with E-state index in [0.717, 1.165) is 6.07 Å². The van der Waals surface area contributed by atoms with Crippen molar-refractivity contribution < 1.29 is 29.4 Å². The quantitative estimate of drug-likeness (QED) is 0.503. The number of hydrogen-bond acceptors (Lipinski definition) is 8. The average molecular weight is 296 g/mol. The maximum Gasteiger partial charge on any atom is 0.326 e. The highest BCUT2D eigenvalue weighted by atomic mass is 16.6. The third-order valence-electron chi connectivity index (χ3n) is 2.60. The lowest BCUT2D eigenvalue weighted by atomic mass is 10.1. The summed E-state index contributed by atoms with van der Waals surface area (Å²) in [6.07, 6.45) is -0.681. The number of non-ortho nitro benzene ring substituents is 1. The fourth-order valence-electron chi connectivity index (χ4n) is 1.68. The number of carboxylic acid groups (broad SMARTS) is 2. The average Bonchev–Trinajstić information content (AvgIpc) is 2.86. The van der Waals surface area contributed by atoms with Crippen molar-refractivity contribution in [2.75, 3.05) is 5.32 Å². The van der Waals surface area contributed by atoms with Gasteiger partial charge in [0, 0.05) is 6.07 Å². The van der Waals surface area contributed by atoms with Crippen LogP contribution < -0.4 is 5.32 Å². The standard InChI is InChI=1S/C10H8N4O7/c15-7(16)3-5(10(17)18)11-4-1-2-6(14(19)20)9-8(4)12-21-13-9/h1-2,5,11H,3H2,(H,15,16)(H,17,18). The Balaban J connectivity index is 2.41. The van der Waals surface area contributed by atoms with Gasteiger partial charge in [0.2, 0.25) is 5.52 Å². The fraction of sp³-hybridized carbons (Fsp3) is 0.200. The zero-order valence-electron chi connectivity index (χ0n) is 10.2. The number of fused-ring (bicyclic) bond motifs is 1. The summed E-state index contributed by atoms with van der Waals surface area (Å²) in [5, 5.41) is 37.7.